The highest BCUT2D eigenvalue weighted by atomic mass is 32.1. The SMILES string of the molecule is CCOP(=O)(OCC)C(N)c1ccc([N+](=O)[O-])s1. The average molecular weight is 294 g/mol. The van der Waals surface area contributed by atoms with Crippen molar-refractivity contribution in [2.75, 3.05) is 13.2 Å². The molecule has 0 spiro atoms. The molecule has 2 N–H and O–H groups in total. The molecule has 1 atom stereocenters. The monoisotopic (exact) mass is 294 g/mol. The molecule has 0 fully saturated rings. The molecule has 0 amide bonds. The highest BCUT2D eigenvalue weighted by Gasteiger charge is 2.35. The number of nitrogens with two attached hydrogens (primary N) is 1. The van der Waals surface area contributed by atoms with Crippen molar-refractivity contribution in [1.82, 2.24) is 0 Å². The van der Waals surface area contributed by atoms with Gasteiger partial charge >= 0.3 is 12.6 Å². The molecular formula is C9H15N2O5PS. The van der Waals surface area contributed by atoms with E-state index in [4.69, 9.17) is 14.8 Å². The molecule has 0 radical (unpaired) electrons. The van der Waals surface area contributed by atoms with Gasteiger partial charge in [0.05, 0.1) is 18.1 Å². The van der Waals surface area contributed by atoms with Crippen molar-refractivity contribution in [3.63, 3.8) is 0 Å². The Morgan fingerprint density at radius 2 is 2.00 bits per heavy atom. The van der Waals surface area contributed by atoms with Gasteiger partial charge in [0.2, 0.25) is 0 Å². The van der Waals surface area contributed by atoms with E-state index in [1.807, 2.05) is 0 Å². The summed E-state index contributed by atoms with van der Waals surface area (Å²) in [6.45, 7) is 3.74. The molecule has 0 aliphatic carbocycles. The lowest BCUT2D eigenvalue weighted by molar-refractivity contribution is -0.380. The quantitative estimate of drug-likeness (QED) is 0.471. The van der Waals surface area contributed by atoms with E-state index in [9.17, 15) is 14.7 Å². The smallest absolute Gasteiger partial charge is 0.313 e. The molecule has 0 aliphatic heterocycles. The maximum absolute atomic E-state index is 12.4. The van der Waals surface area contributed by atoms with Crippen LogP contribution in [0.4, 0.5) is 5.00 Å². The minimum atomic E-state index is -3.48. The summed E-state index contributed by atoms with van der Waals surface area (Å²) in [5.41, 5.74) is 5.83. The molecular weight excluding hydrogens is 279 g/mol. The van der Waals surface area contributed by atoms with Crippen molar-refractivity contribution in [2.24, 2.45) is 5.73 Å². The molecule has 0 saturated carbocycles. The third kappa shape index (κ3) is 3.37. The van der Waals surface area contributed by atoms with Crippen LogP contribution in [0.1, 0.15) is 24.5 Å². The molecule has 1 rings (SSSR count). The van der Waals surface area contributed by atoms with E-state index in [2.05, 4.69) is 0 Å². The minimum absolute atomic E-state index is 0.0556. The van der Waals surface area contributed by atoms with Gasteiger partial charge in [0.15, 0.2) is 0 Å². The van der Waals surface area contributed by atoms with Crippen molar-refractivity contribution in [3.8, 4) is 0 Å². The summed E-state index contributed by atoms with van der Waals surface area (Å²) in [7, 11) is -3.48. The number of hydrogen-bond acceptors (Lipinski definition) is 7. The number of nitro groups is 1. The van der Waals surface area contributed by atoms with Crippen molar-refractivity contribution in [3.05, 3.63) is 27.1 Å². The largest absolute Gasteiger partial charge is 0.352 e. The maximum Gasteiger partial charge on any atom is 0.352 e. The van der Waals surface area contributed by atoms with E-state index >= 15 is 0 Å². The second kappa shape index (κ2) is 6.40. The second-order valence-electron chi connectivity index (χ2n) is 3.25. The fourth-order valence-electron chi connectivity index (χ4n) is 1.31. The summed E-state index contributed by atoms with van der Waals surface area (Å²) in [4.78, 5) is 10.5. The Kier molecular flexibility index (Phi) is 5.43. The number of thiophene rings is 1. The lowest BCUT2D eigenvalue weighted by atomic mass is 10.5. The molecule has 1 aromatic rings. The van der Waals surface area contributed by atoms with Gasteiger partial charge in [-0.15, -0.1) is 0 Å². The summed E-state index contributed by atoms with van der Waals surface area (Å²) in [6.07, 6.45) is 0. The standard InChI is InChI=1S/C9H15N2O5PS/c1-3-15-17(14,16-4-2)9(10)7-5-6-8(18-7)11(12)13/h5-6,9H,3-4,10H2,1-2H3. The van der Waals surface area contributed by atoms with Crippen molar-refractivity contribution < 1.29 is 18.5 Å². The molecule has 0 aliphatic rings. The zero-order valence-corrected chi connectivity index (χ0v) is 11.8. The summed E-state index contributed by atoms with van der Waals surface area (Å²) in [5.74, 6) is -1.00. The van der Waals surface area contributed by atoms with E-state index in [-0.39, 0.29) is 18.2 Å². The maximum atomic E-state index is 12.4. The van der Waals surface area contributed by atoms with E-state index in [0.29, 0.717) is 4.88 Å². The fourth-order valence-corrected chi connectivity index (χ4v) is 4.08. The Labute approximate surface area is 109 Å². The average Bonchev–Trinajstić information content (AvgIpc) is 2.77. The molecule has 7 nitrogen and oxygen atoms in total. The van der Waals surface area contributed by atoms with Crippen LogP contribution in [0.5, 0.6) is 0 Å². The molecule has 9 heteroatoms. The molecule has 0 bridgehead atoms. The second-order valence-corrected chi connectivity index (χ2v) is 6.50. The van der Waals surface area contributed by atoms with E-state index in [0.717, 1.165) is 11.3 Å². The first kappa shape index (κ1) is 15.3. The van der Waals surface area contributed by atoms with Gasteiger partial charge in [-0.1, -0.05) is 11.3 Å². The molecule has 1 unspecified atom stereocenters. The zero-order valence-electron chi connectivity index (χ0n) is 10.1. The Balaban J connectivity index is 2.97. The molecule has 102 valence electrons. The molecule has 0 saturated heterocycles. The van der Waals surface area contributed by atoms with Crippen LogP contribution < -0.4 is 5.73 Å². The number of rotatable bonds is 7. The van der Waals surface area contributed by atoms with Crippen LogP contribution in [0.2, 0.25) is 0 Å². The van der Waals surface area contributed by atoms with Gasteiger partial charge in [-0.2, -0.15) is 0 Å². The van der Waals surface area contributed by atoms with Gasteiger partial charge in [0, 0.05) is 10.9 Å². The van der Waals surface area contributed by atoms with Crippen molar-refractivity contribution in [1.29, 1.82) is 0 Å². The molecule has 1 aromatic heterocycles. The van der Waals surface area contributed by atoms with Gasteiger partial charge in [0.25, 0.3) is 0 Å². The Morgan fingerprint density at radius 3 is 2.39 bits per heavy atom. The highest BCUT2D eigenvalue weighted by Crippen LogP contribution is 2.59. The van der Waals surface area contributed by atoms with E-state index in [1.54, 1.807) is 13.8 Å². The third-order valence-corrected chi connectivity index (χ3v) is 5.53. The highest BCUT2D eigenvalue weighted by molar-refractivity contribution is 7.54. The number of hydrogen-bond donors (Lipinski definition) is 1. The fraction of sp³-hybridized carbons (Fsp3) is 0.556. The molecule has 1 heterocycles. The first-order valence-electron chi connectivity index (χ1n) is 5.33. The van der Waals surface area contributed by atoms with Gasteiger partial charge in [0.1, 0.15) is 5.78 Å². The van der Waals surface area contributed by atoms with Crippen LogP contribution in [-0.4, -0.2) is 18.1 Å². The van der Waals surface area contributed by atoms with Gasteiger partial charge < -0.3 is 14.8 Å². The first-order valence-corrected chi connectivity index (χ1v) is 7.76. The normalized spacial score (nSPS) is 13.5. The Hall–Kier alpha value is -0.790. The van der Waals surface area contributed by atoms with Crippen LogP contribution >= 0.6 is 18.9 Å². The lowest BCUT2D eigenvalue weighted by Gasteiger charge is -2.21. The van der Waals surface area contributed by atoms with Gasteiger partial charge in [-0.05, 0) is 19.9 Å². The third-order valence-electron chi connectivity index (χ3n) is 2.04. The predicted molar refractivity (Wildman–Crippen MR) is 68.8 cm³/mol. The van der Waals surface area contributed by atoms with E-state index in [1.165, 1.54) is 12.1 Å². The molecule has 0 aromatic carbocycles. The summed E-state index contributed by atoms with van der Waals surface area (Å²) in [6, 6.07) is 2.79. The van der Waals surface area contributed by atoms with E-state index < -0.39 is 18.3 Å². The topological polar surface area (TPSA) is 105 Å². The van der Waals surface area contributed by atoms with Crippen LogP contribution in [-0.2, 0) is 13.6 Å². The van der Waals surface area contributed by atoms with Crippen molar-refractivity contribution in [2.45, 2.75) is 19.6 Å². The first-order chi connectivity index (χ1) is 8.44. The predicted octanol–water partition coefficient (Wildman–Crippen LogP) is 2.88. The van der Waals surface area contributed by atoms with Crippen LogP contribution in [0.3, 0.4) is 0 Å². The van der Waals surface area contributed by atoms with Crippen LogP contribution in [0.15, 0.2) is 12.1 Å². The number of nitrogens with zero attached hydrogens (tertiary/aromatic N) is 1. The molecule has 18 heavy (non-hydrogen) atoms. The Bertz CT molecular complexity index is 454. The summed E-state index contributed by atoms with van der Waals surface area (Å²) < 4.78 is 22.6. The minimum Gasteiger partial charge on any atom is -0.313 e. The summed E-state index contributed by atoms with van der Waals surface area (Å²) in [5, 5.41) is 10.5. The lowest BCUT2D eigenvalue weighted by Crippen LogP contribution is -2.13. The van der Waals surface area contributed by atoms with Crippen LogP contribution in [0.25, 0.3) is 0 Å². The van der Waals surface area contributed by atoms with Gasteiger partial charge in [-0.25, -0.2) is 0 Å². The Morgan fingerprint density at radius 1 is 1.44 bits per heavy atom. The summed E-state index contributed by atoms with van der Waals surface area (Å²) >= 11 is 0.871. The van der Waals surface area contributed by atoms with Crippen molar-refractivity contribution >= 4 is 23.9 Å². The van der Waals surface area contributed by atoms with Gasteiger partial charge in [-0.3, -0.25) is 14.7 Å². The van der Waals surface area contributed by atoms with Crippen LogP contribution in [0, 0.1) is 10.1 Å². The zero-order chi connectivity index (χ0) is 13.8.